The van der Waals surface area contributed by atoms with Crippen molar-refractivity contribution in [2.75, 3.05) is 0 Å². The first-order valence-electron chi connectivity index (χ1n) is 8.31. The summed E-state index contributed by atoms with van der Waals surface area (Å²) < 4.78 is 0. The Labute approximate surface area is 132 Å². The predicted octanol–water partition coefficient (Wildman–Crippen LogP) is 3.61. The van der Waals surface area contributed by atoms with Crippen LogP contribution in [0, 0.1) is 0 Å². The van der Waals surface area contributed by atoms with Crippen LogP contribution in [0.3, 0.4) is 0 Å². The molecule has 0 aromatic heterocycles. The van der Waals surface area contributed by atoms with Gasteiger partial charge in [-0.05, 0) is 59.4 Å². The zero-order valence-corrected chi connectivity index (χ0v) is 13.5. The Hall–Kier alpha value is -1.86. The van der Waals surface area contributed by atoms with Crippen molar-refractivity contribution in [2.45, 2.75) is 45.6 Å². The molecule has 1 aliphatic rings. The molecular weight excluding hydrogens is 268 g/mol. The molecule has 0 fully saturated rings. The summed E-state index contributed by atoms with van der Waals surface area (Å²) in [6.07, 6.45) is 6.15. The van der Waals surface area contributed by atoms with E-state index in [4.69, 9.17) is 0 Å². The smallest absolute Gasteiger partial charge is 0.0515 e. The molecule has 1 heteroatoms. The Balaban J connectivity index is 2.17. The second-order valence-electron chi connectivity index (χ2n) is 6.24. The number of rotatable bonds is 5. The van der Waals surface area contributed by atoms with Crippen molar-refractivity contribution >= 4 is 11.6 Å². The summed E-state index contributed by atoms with van der Waals surface area (Å²) in [4.78, 5) is 0. The molecule has 0 saturated carbocycles. The molecule has 0 saturated heterocycles. The highest BCUT2D eigenvalue weighted by Gasteiger charge is 2.12. The van der Waals surface area contributed by atoms with Gasteiger partial charge < -0.3 is 5.11 Å². The number of aliphatic hydroxyl groups is 1. The monoisotopic (exact) mass is 292 g/mol. The minimum absolute atomic E-state index is 0.232. The molecule has 1 N–H and O–H groups in total. The van der Waals surface area contributed by atoms with E-state index in [1.165, 1.54) is 32.7 Å². The maximum atomic E-state index is 9.63. The number of hydrogen-bond acceptors (Lipinski definition) is 1. The molecule has 3 rings (SSSR count). The Bertz CT molecular complexity index is 784. The lowest BCUT2D eigenvalue weighted by Gasteiger charge is -2.09. The molecule has 0 bridgehead atoms. The molecule has 22 heavy (non-hydrogen) atoms. The number of aliphatic hydroxyl groups excluding tert-OH is 1. The van der Waals surface area contributed by atoms with Crippen molar-refractivity contribution in [3.05, 3.63) is 58.5 Å². The molecular formula is C21H24O. The van der Waals surface area contributed by atoms with Crippen LogP contribution in [0.1, 0.15) is 45.1 Å². The van der Waals surface area contributed by atoms with Crippen molar-refractivity contribution < 1.29 is 5.11 Å². The van der Waals surface area contributed by atoms with E-state index in [-0.39, 0.29) is 6.10 Å². The molecule has 0 heterocycles. The fraction of sp³-hybridized carbons (Fsp3) is 0.333. The minimum atomic E-state index is -0.232. The Morgan fingerprint density at radius 1 is 1.00 bits per heavy atom. The van der Waals surface area contributed by atoms with Gasteiger partial charge in [-0.15, -0.1) is 0 Å². The molecule has 1 aliphatic carbocycles. The summed E-state index contributed by atoms with van der Waals surface area (Å²) in [5.74, 6) is 0. The summed E-state index contributed by atoms with van der Waals surface area (Å²) in [5, 5.41) is 12.4. The Morgan fingerprint density at radius 3 is 2.55 bits per heavy atom. The van der Waals surface area contributed by atoms with Crippen molar-refractivity contribution in [1.29, 1.82) is 0 Å². The number of benzene rings is 2. The van der Waals surface area contributed by atoms with Gasteiger partial charge in [-0.1, -0.05) is 61.4 Å². The molecule has 0 spiro atoms. The SMILES string of the molecule is CCCC(CCC(C)O)=c1cccc2c1=Cc1ccccc1-2. The fourth-order valence-electron chi connectivity index (χ4n) is 3.37. The van der Waals surface area contributed by atoms with Crippen LogP contribution in [-0.4, -0.2) is 11.2 Å². The molecule has 0 amide bonds. The molecule has 2 aromatic carbocycles. The lowest BCUT2D eigenvalue weighted by molar-refractivity contribution is 0.186. The lowest BCUT2D eigenvalue weighted by Crippen LogP contribution is -2.27. The van der Waals surface area contributed by atoms with E-state index >= 15 is 0 Å². The maximum absolute atomic E-state index is 9.63. The topological polar surface area (TPSA) is 20.2 Å². The van der Waals surface area contributed by atoms with E-state index in [9.17, 15) is 5.11 Å². The average molecular weight is 292 g/mol. The summed E-state index contributed by atoms with van der Waals surface area (Å²) >= 11 is 0. The van der Waals surface area contributed by atoms with Gasteiger partial charge in [0.25, 0.3) is 0 Å². The Morgan fingerprint density at radius 2 is 1.77 bits per heavy atom. The van der Waals surface area contributed by atoms with Crippen LogP contribution in [0.4, 0.5) is 0 Å². The van der Waals surface area contributed by atoms with E-state index in [1.807, 2.05) is 6.92 Å². The third-order valence-corrected chi connectivity index (χ3v) is 4.45. The van der Waals surface area contributed by atoms with E-state index in [0.717, 1.165) is 25.7 Å². The maximum Gasteiger partial charge on any atom is 0.0515 e. The van der Waals surface area contributed by atoms with Gasteiger partial charge in [0.15, 0.2) is 0 Å². The molecule has 0 aliphatic heterocycles. The molecule has 1 atom stereocenters. The zero-order valence-electron chi connectivity index (χ0n) is 13.5. The molecule has 1 nitrogen and oxygen atoms in total. The van der Waals surface area contributed by atoms with E-state index in [0.29, 0.717) is 0 Å². The van der Waals surface area contributed by atoms with Gasteiger partial charge in [-0.25, -0.2) is 0 Å². The minimum Gasteiger partial charge on any atom is -0.393 e. The van der Waals surface area contributed by atoms with Crippen LogP contribution in [0.25, 0.3) is 22.8 Å². The third-order valence-electron chi connectivity index (χ3n) is 4.45. The van der Waals surface area contributed by atoms with Crippen LogP contribution in [0.15, 0.2) is 42.5 Å². The normalized spacial score (nSPS) is 14.9. The van der Waals surface area contributed by atoms with Gasteiger partial charge in [0.2, 0.25) is 0 Å². The van der Waals surface area contributed by atoms with Crippen LogP contribution in [-0.2, 0) is 0 Å². The van der Waals surface area contributed by atoms with Crippen LogP contribution >= 0.6 is 0 Å². The zero-order chi connectivity index (χ0) is 15.5. The van der Waals surface area contributed by atoms with Crippen LogP contribution in [0.5, 0.6) is 0 Å². The standard InChI is InChI=1S/C21H24O/c1-3-7-16(13-12-15(2)22)18-10-6-11-20-19-9-5-4-8-17(19)14-21(18)20/h4-6,8-11,14-15,22H,3,7,12-13H2,1-2H3. The van der Waals surface area contributed by atoms with Gasteiger partial charge in [0.05, 0.1) is 6.10 Å². The van der Waals surface area contributed by atoms with Crippen LogP contribution in [0.2, 0.25) is 0 Å². The average Bonchev–Trinajstić information content (AvgIpc) is 2.90. The number of hydrogen-bond donors (Lipinski definition) is 1. The summed E-state index contributed by atoms with van der Waals surface area (Å²) in [6.45, 7) is 4.10. The first kappa shape index (κ1) is 15.1. The third kappa shape index (κ3) is 2.86. The molecule has 2 aromatic rings. The van der Waals surface area contributed by atoms with Crippen LogP contribution < -0.4 is 10.4 Å². The van der Waals surface area contributed by atoms with Gasteiger partial charge in [0, 0.05) is 0 Å². The first-order valence-corrected chi connectivity index (χ1v) is 8.31. The van der Waals surface area contributed by atoms with Gasteiger partial charge in [-0.2, -0.15) is 0 Å². The quantitative estimate of drug-likeness (QED) is 0.761. The van der Waals surface area contributed by atoms with Crippen molar-refractivity contribution in [3.8, 4) is 11.1 Å². The largest absolute Gasteiger partial charge is 0.393 e. The van der Waals surface area contributed by atoms with Crippen molar-refractivity contribution in [1.82, 2.24) is 0 Å². The highest BCUT2D eigenvalue weighted by atomic mass is 16.3. The summed E-state index contributed by atoms with van der Waals surface area (Å²) in [7, 11) is 0. The first-order chi connectivity index (χ1) is 10.7. The lowest BCUT2D eigenvalue weighted by atomic mass is 9.97. The van der Waals surface area contributed by atoms with Gasteiger partial charge in [-0.3, -0.25) is 0 Å². The highest BCUT2D eigenvalue weighted by Crippen LogP contribution is 2.25. The fourth-order valence-corrected chi connectivity index (χ4v) is 3.37. The van der Waals surface area contributed by atoms with E-state index in [1.54, 1.807) is 0 Å². The van der Waals surface area contributed by atoms with Crippen molar-refractivity contribution in [3.63, 3.8) is 0 Å². The summed E-state index contributed by atoms with van der Waals surface area (Å²) in [5.41, 5.74) is 5.48. The van der Waals surface area contributed by atoms with Gasteiger partial charge in [0.1, 0.15) is 0 Å². The molecule has 0 radical (unpaired) electrons. The van der Waals surface area contributed by atoms with E-state index < -0.39 is 0 Å². The summed E-state index contributed by atoms with van der Waals surface area (Å²) in [6, 6.07) is 15.2. The molecule has 1 unspecified atom stereocenters. The van der Waals surface area contributed by atoms with E-state index in [2.05, 4.69) is 55.5 Å². The van der Waals surface area contributed by atoms with Crippen molar-refractivity contribution in [2.24, 2.45) is 0 Å². The molecule has 114 valence electrons. The highest BCUT2D eigenvalue weighted by molar-refractivity contribution is 5.83. The second-order valence-corrected chi connectivity index (χ2v) is 6.24. The second kappa shape index (κ2) is 6.50. The predicted molar refractivity (Wildman–Crippen MR) is 93.9 cm³/mol. The number of fused-ring (bicyclic) bond motifs is 3. The van der Waals surface area contributed by atoms with Gasteiger partial charge >= 0.3 is 0 Å². The Kier molecular flexibility index (Phi) is 4.44.